The van der Waals surface area contributed by atoms with Gasteiger partial charge >= 0.3 is 6.09 Å². The summed E-state index contributed by atoms with van der Waals surface area (Å²) < 4.78 is 7.24. The van der Waals surface area contributed by atoms with Crippen LogP contribution in [0.5, 0.6) is 0 Å². The predicted molar refractivity (Wildman–Crippen MR) is 91.5 cm³/mol. The minimum atomic E-state index is -0.486. The molecule has 2 aromatic rings. The van der Waals surface area contributed by atoms with Crippen LogP contribution in [0.1, 0.15) is 45.0 Å². The summed E-state index contributed by atoms with van der Waals surface area (Å²) in [5.74, 6) is 1.85. The molecule has 2 heterocycles. The second-order valence-corrected chi connectivity index (χ2v) is 7.08. The van der Waals surface area contributed by atoms with E-state index in [1.807, 2.05) is 49.7 Å². The van der Waals surface area contributed by atoms with Crippen LogP contribution in [-0.4, -0.2) is 26.5 Å². The van der Waals surface area contributed by atoms with Crippen molar-refractivity contribution in [3.8, 4) is 11.4 Å². The molecule has 128 valence electrons. The maximum Gasteiger partial charge on any atom is 0.407 e. The van der Waals surface area contributed by atoms with Gasteiger partial charge in [-0.15, -0.1) is 0 Å². The molecular formula is C18H24N4O2. The normalized spacial score (nSPS) is 14.1. The van der Waals surface area contributed by atoms with Crippen LogP contribution in [0.15, 0.2) is 24.3 Å². The third-order valence-electron chi connectivity index (χ3n) is 3.82. The Morgan fingerprint density at radius 1 is 1.25 bits per heavy atom. The highest BCUT2D eigenvalue weighted by Crippen LogP contribution is 2.20. The Hall–Kier alpha value is -2.37. The highest BCUT2D eigenvalue weighted by Gasteiger charge is 2.16. The largest absolute Gasteiger partial charge is 0.444 e. The maximum absolute atomic E-state index is 11.7. The highest BCUT2D eigenvalue weighted by atomic mass is 16.6. The number of benzene rings is 1. The maximum atomic E-state index is 11.7. The summed E-state index contributed by atoms with van der Waals surface area (Å²) in [4.78, 5) is 16.3. The second-order valence-electron chi connectivity index (χ2n) is 7.08. The number of nitrogens with zero attached hydrogens (tertiary/aromatic N) is 3. The van der Waals surface area contributed by atoms with Crippen molar-refractivity contribution in [2.45, 2.75) is 58.7 Å². The highest BCUT2D eigenvalue weighted by molar-refractivity contribution is 5.67. The molecule has 0 unspecified atom stereocenters. The molecule has 6 heteroatoms. The van der Waals surface area contributed by atoms with Gasteiger partial charge in [0.1, 0.15) is 11.4 Å². The lowest BCUT2D eigenvalue weighted by Crippen LogP contribution is -2.32. The lowest BCUT2D eigenvalue weighted by molar-refractivity contribution is 0.0523. The number of rotatable bonds is 3. The number of aromatic nitrogens is 3. The number of hydrogen-bond acceptors (Lipinski definition) is 4. The van der Waals surface area contributed by atoms with Gasteiger partial charge < -0.3 is 10.1 Å². The molecule has 0 radical (unpaired) electrons. The Morgan fingerprint density at radius 3 is 2.67 bits per heavy atom. The van der Waals surface area contributed by atoms with Gasteiger partial charge in [-0.3, -0.25) is 0 Å². The molecule has 0 saturated carbocycles. The molecular weight excluding hydrogens is 304 g/mol. The van der Waals surface area contributed by atoms with Gasteiger partial charge in [-0.2, -0.15) is 5.10 Å². The summed E-state index contributed by atoms with van der Waals surface area (Å²) in [7, 11) is 0. The summed E-state index contributed by atoms with van der Waals surface area (Å²) in [5.41, 5.74) is 1.52. The van der Waals surface area contributed by atoms with Crippen molar-refractivity contribution in [3.05, 3.63) is 35.7 Å². The van der Waals surface area contributed by atoms with Gasteiger partial charge in [0.05, 0.1) is 0 Å². The summed E-state index contributed by atoms with van der Waals surface area (Å²) in [6.45, 7) is 6.93. The number of amides is 1. The molecule has 3 rings (SSSR count). The van der Waals surface area contributed by atoms with Crippen molar-refractivity contribution in [1.29, 1.82) is 0 Å². The van der Waals surface area contributed by atoms with E-state index in [4.69, 9.17) is 4.74 Å². The fourth-order valence-electron chi connectivity index (χ4n) is 2.67. The molecule has 0 fully saturated rings. The number of alkyl carbamates (subject to hydrolysis) is 1. The van der Waals surface area contributed by atoms with E-state index in [1.54, 1.807) is 0 Å². The van der Waals surface area contributed by atoms with Crippen LogP contribution in [0.4, 0.5) is 4.79 Å². The smallest absolute Gasteiger partial charge is 0.407 e. The molecule has 24 heavy (non-hydrogen) atoms. The minimum absolute atomic E-state index is 0.407. The van der Waals surface area contributed by atoms with Gasteiger partial charge in [-0.1, -0.05) is 24.3 Å². The number of carbonyl (C=O) groups excluding carboxylic acids is 1. The first-order valence-corrected chi connectivity index (χ1v) is 8.41. The van der Waals surface area contributed by atoms with Crippen LogP contribution < -0.4 is 5.32 Å². The second kappa shape index (κ2) is 6.63. The number of fused-ring (bicyclic) bond motifs is 1. The predicted octanol–water partition coefficient (Wildman–Crippen LogP) is 3.31. The summed E-state index contributed by atoms with van der Waals surface area (Å²) in [6.07, 6.45) is 2.96. The summed E-state index contributed by atoms with van der Waals surface area (Å²) >= 11 is 0. The third kappa shape index (κ3) is 4.13. The first-order valence-electron chi connectivity index (χ1n) is 8.41. The van der Waals surface area contributed by atoms with Gasteiger partial charge in [-0.25, -0.2) is 14.5 Å². The molecule has 0 saturated heterocycles. The molecule has 0 spiro atoms. The lowest BCUT2D eigenvalue weighted by Gasteiger charge is -2.19. The standard InChI is InChI=1S/C18H24N4O2/c1-18(2,3)24-17(23)19-12-13-7-9-14(10-8-13)16-20-15-6-4-5-11-22(15)21-16/h7-10H,4-6,11-12H2,1-3H3,(H,19,23). The SMILES string of the molecule is CC(C)(C)OC(=O)NCc1ccc(-c2nc3n(n2)CCCC3)cc1. The fourth-order valence-corrected chi connectivity index (χ4v) is 2.67. The lowest BCUT2D eigenvalue weighted by atomic mass is 10.1. The Balaban J connectivity index is 1.61. The van der Waals surface area contributed by atoms with E-state index >= 15 is 0 Å². The third-order valence-corrected chi connectivity index (χ3v) is 3.82. The number of carbonyl (C=O) groups is 1. The zero-order valence-electron chi connectivity index (χ0n) is 14.5. The van der Waals surface area contributed by atoms with E-state index in [1.165, 1.54) is 12.8 Å². The van der Waals surface area contributed by atoms with E-state index in [-0.39, 0.29) is 0 Å². The van der Waals surface area contributed by atoms with Gasteiger partial charge in [0.2, 0.25) is 0 Å². The van der Waals surface area contributed by atoms with E-state index < -0.39 is 11.7 Å². The average molecular weight is 328 g/mol. The van der Waals surface area contributed by atoms with Crippen molar-refractivity contribution < 1.29 is 9.53 Å². The number of hydrogen-bond donors (Lipinski definition) is 1. The Kier molecular flexibility index (Phi) is 4.55. The molecule has 1 aliphatic rings. The van der Waals surface area contributed by atoms with Crippen LogP contribution in [0.25, 0.3) is 11.4 Å². The molecule has 1 amide bonds. The molecule has 1 aromatic heterocycles. The Bertz CT molecular complexity index is 690. The molecule has 1 aromatic carbocycles. The van der Waals surface area contributed by atoms with Crippen LogP contribution >= 0.6 is 0 Å². The van der Waals surface area contributed by atoms with Crippen molar-refractivity contribution in [1.82, 2.24) is 20.1 Å². The van der Waals surface area contributed by atoms with Crippen LogP contribution in [-0.2, 0) is 24.2 Å². The van der Waals surface area contributed by atoms with E-state index in [0.717, 1.165) is 35.7 Å². The molecule has 0 atom stereocenters. The van der Waals surface area contributed by atoms with Crippen molar-refractivity contribution >= 4 is 6.09 Å². The fraction of sp³-hybridized carbons (Fsp3) is 0.500. The van der Waals surface area contributed by atoms with Crippen LogP contribution in [0.2, 0.25) is 0 Å². The molecule has 6 nitrogen and oxygen atoms in total. The van der Waals surface area contributed by atoms with Crippen LogP contribution in [0.3, 0.4) is 0 Å². The van der Waals surface area contributed by atoms with E-state index in [0.29, 0.717) is 6.54 Å². The number of nitrogens with one attached hydrogen (secondary N) is 1. The minimum Gasteiger partial charge on any atom is -0.444 e. The first kappa shape index (κ1) is 16.5. The Morgan fingerprint density at radius 2 is 2.00 bits per heavy atom. The first-order chi connectivity index (χ1) is 11.4. The van der Waals surface area contributed by atoms with Crippen molar-refractivity contribution in [2.24, 2.45) is 0 Å². The van der Waals surface area contributed by atoms with Gasteiger partial charge in [0.15, 0.2) is 5.82 Å². The van der Waals surface area contributed by atoms with Crippen molar-refractivity contribution in [2.75, 3.05) is 0 Å². The number of ether oxygens (including phenoxy) is 1. The topological polar surface area (TPSA) is 69.0 Å². The van der Waals surface area contributed by atoms with Crippen LogP contribution in [0, 0.1) is 0 Å². The van der Waals surface area contributed by atoms with Crippen molar-refractivity contribution in [3.63, 3.8) is 0 Å². The summed E-state index contributed by atoms with van der Waals surface area (Å²) in [5, 5.41) is 7.34. The molecule has 1 aliphatic heterocycles. The molecule has 0 aliphatic carbocycles. The van der Waals surface area contributed by atoms with Gasteiger partial charge in [0.25, 0.3) is 0 Å². The molecule has 0 bridgehead atoms. The van der Waals surface area contributed by atoms with E-state index in [9.17, 15) is 4.79 Å². The quantitative estimate of drug-likeness (QED) is 0.938. The number of aryl methyl sites for hydroxylation is 2. The molecule has 1 N–H and O–H groups in total. The summed E-state index contributed by atoms with van der Waals surface area (Å²) in [6, 6.07) is 7.94. The monoisotopic (exact) mass is 328 g/mol. The average Bonchev–Trinajstić information content (AvgIpc) is 2.96. The zero-order chi connectivity index (χ0) is 17.2. The van der Waals surface area contributed by atoms with Gasteiger partial charge in [-0.05, 0) is 39.2 Å². The van der Waals surface area contributed by atoms with E-state index in [2.05, 4.69) is 15.4 Å². The Labute approximate surface area is 142 Å². The zero-order valence-corrected chi connectivity index (χ0v) is 14.5. The van der Waals surface area contributed by atoms with Gasteiger partial charge in [0, 0.05) is 25.1 Å².